The van der Waals surface area contributed by atoms with Crippen LogP contribution in [0.25, 0.3) is 0 Å². The van der Waals surface area contributed by atoms with E-state index < -0.39 is 0 Å². The maximum absolute atomic E-state index is 5.90. The average molecular weight is 257 g/mol. The van der Waals surface area contributed by atoms with Gasteiger partial charge in [-0.1, -0.05) is 18.0 Å². The van der Waals surface area contributed by atoms with Gasteiger partial charge in [-0.2, -0.15) is 4.98 Å². The third-order valence-corrected chi connectivity index (χ3v) is 3.08. The highest BCUT2D eigenvalue weighted by molar-refractivity contribution is 6.31. The monoisotopic (exact) mass is 256 g/mol. The zero-order valence-corrected chi connectivity index (χ0v) is 10.5. The van der Waals surface area contributed by atoms with E-state index >= 15 is 0 Å². The number of nitrogens with zero attached hydrogens (tertiary/aromatic N) is 3. The van der Waals surface area contributed by atoms with Crippen molar-refractivity contribution < 1.29 is 4.74 Å². The fourth-order valence-electron chi connectivity index (χ4n) is 1.92. The first-order chi connectivity index (χ1) is 8.25. The minimum absolute atomic E-state index is 0.183. The largest absolute Gasteiger partial charge is 0.475 e. The average Bonchev–Trinajstić information content (AvgIpc) is 2.35. The van der Waals surface area contributed by atoms with Crippen LogP contribution in [0.3, 0.4) is 0 Å². The maximum atomic E-state index is 5.90. The van der Waals surface area contributed by atoms with Gasteiger partial charge in [0.1, 0.15) is 11.6 Å². The van der Waals surface area contributed by atoms with Gasteiger partial charge >= 0.3 is 0 Å². The van der Waals surface area contributed by atoms with Crippen LogP contribution in [0, 0.1) is 0 Å². The molecule has 1 aromatic rings. The molecule has 5 nitrogen and oxygen atoms in total. The molecule has 1 aromatic heterocycles. The highest BCUT2D eigenvalue weighted by Crippen LogP contribution is 2.20. The summed E-state index contributed by atoms with van der Waals surface area (Å²) in [5.74, 6) is 0.554. The van der Waals surface area contributed by atoms with E-state index in [1.165, 1.54) is 25.5 Å². The van der Waals surface area contributed by atoms with Crippen LogP contribution in [0.2, 0.25) is 5.02 Å². The zero-order chi connectivity index (χ0) is 12.1. The van der Waals surface area contributed by atoms with E-state index in [2.05, 4.69) is 14.9 Å². The molecule has 0 saturated carbocycles. The van der Waals surface area contributed by atoms with Gasteiger partial charge in [0.2, 0.25) is 11.8 Å². The van der Waals surface area contributed by atoms with Crippen molar-refractivity contribution >= 4 is 17.5 Å². The lowest BCUT2D eigenvalue weighted by molar-refractivity contribution is 0.180. The van der Waals surface area contributed by atoms with Gasteiger partial charge in [0.25, 0.3) is 0 Å². The van der Waals surface area contributed by atoms with Crippen molar-refractivity contribution in [2.24, 2.45) is 0 Å². The molecule has 0 amide bonds. The van der Waals surface area contributed by atoms with Crippen LogP contribution in [0.4, 0.5) is 5.95 Å². The molecule has 0 aromatic carbocycles. The number of hydrogen-bond acceptors (Lipinski definition) is 5. The van der Waals surface area contributed by atoms with Crippen molar-refractivity contribution in [1.29, 1.82) is 0 Å². The SMILES string of the molecule is Nc1ncc(Cl)c(OCCN2CCCCC2)n1. The highest BCUT2D eigenvalue weighted by Gasteiger charge is 2.10. The second kappa shape index (κ2) is 6.02. The number of hydrogen-bond donors (Lipinski definition) is 1. The Labute approximate surface area is 106 Å². The van der Waals surface area contributed by atoms with Crippen molar-refractivity contribution in [3.05, 3.63) is 11.2 Å². The van der Waals surface area contributed by atoms with Crippen LogP contribution in [-0.4, -0.2) is 41.1 Å². The number of likely N-dealkylation sites (tertiary alicyclic amines) is 1. The van der Waals surface area contributed by atoms with Crippen LogP contribution in [0.1, 0.15) is 19.3 Å². The second-order valence-corrected chi connectivity index (χ2v) is 4.54. The molecule has 0 radical (unpaired) electrons. The molecule has 6 heteroatoms. The third kappa shape index (κ3) is 3.71. The zero-order valence-electron chi connectivity index (χ0n) is 9.73. The normalized spacial score (nSPS) is 17.0. The van der Waals surface area contributed by atoms with Gasteiger partial charge in [0, 0.05) is 6.54 Å². The fraction of sp³-hybridized carbons (Fsp3) is 0.636. The number of halogens is 1. The molecular formula is C11H17ClN4O. The maximum Gasteiger partial charge on any atom is 0.237 e. The number of nitrogens with two attached hydrogens (primary N) is 1. The van der Waals surface area contributed by atoms with E-state index in [-0.39, 0.29) is 5.95 Å². The number of aromatic nitrogens is 2. The first kappa shape index (κ1) is 12.4. The van der Waals surface area contributed by atoms with E-state index in [0.717, 1.165) is 19.6 Å². The molecule has 2 heterocycles. The smallest absolute Gasteiger partial charge is 0.237 e. The topological polar surface area (TPSA) is 64.3 Å². The van der Waals surface area contributed by atoms with E-state index in [4.69, 9.17) is 22.1 Å². The molecule has 0 aliphatic carbocycles. The van der Waals surface area contributed by atoms with Gasteiger partial charge in [-0.15, -0.1) is 0 Å². The minimum atomic E-state index is 0.183. The lowest BCUT2D eigenvalue weighted by Crippen LogP contribution is -2.33. The highest BCUT2D eigenvalue weighted by atomic mass is 35.5. The summed E-state index contributed by atoms with van der Waals surface area (Å²) in [6.07, 6.45) is 5.36. The molecule has 94 valence electrons. The number of piperidine rings is 1. The van der Waals surface area contributed by atoms with Crippen LogP contribution in [0.5, 0.6) is 5.88 Å². The number of rotatable bonds is 4. The Kier molecular flexibility index (Phi) is 4.39. The number of nitrogen functional groups attached to an aromatic ring is 1. The summed E-state index contributed by atoms with van der Waals surface area (Å²) in [5.41, 5.74) is 5.47. The molecule has 2 N–H and O–H groups in total. The summed E-state index contributed by atoms with van der Waals surface area (Å²) < 4.78 is 5.52. The summed E-state index contributed by atoms with van der Waals surface area (Å²) in [6.45, 7) is 3.79. The first-order valence-electron chi connectivity index (χ1n) is 5.89. The molecule has 0 atom stereocenters. The number of anilines is 1. The van der Waals surface area contributed by atoms with E-state index in [1.54, 1.807) is 0 Å². The molecule has 1 saturated heterocycles. The molecule has 1 aliphatic heterocycles. The summed E-state index contributed by atoms with van der Waals surface area (Å²) in [6, 6.07) is 0. The molecule has 0 spiro atoms. The lowest BCUT2D eigenvalue weighted by Gasteiger charge is -2.26. The van der Waals surface area contributed by atoms with E-state index in [0.29, 0.717) is 17.5 Å². The molecular weight excluding hydrogens is 240 g/mol. The summed E-state index contributed by atoms with van der Waals surface area (Å²) in [7, 11) is 0. The molecule has 17 heavy (non-hydrogen) atoms. The Bertz CT molecular complexity index is 368. The summed E-state index contributed by atoms with van der Waals surface area (Å²) in [4.78, 5) is 10.1. The minimum Gasteiger partial charge on any atom is -0.475 e. The predicted octanol–water partition coefficient (Wildman–Crippen LogP) is 1.58. The quantitative estimate of drug-likeness (QED) is 0.886. The Balaban J connectivity index is 1.79. The molecule has 2 rings (SSSR count). The van der Waals surface area contributed by atoms with Gasteiger partial charge < -0.3 is 10.5 Å². The first-order valence-corrected chi connectivity index (χ1v) is 6.26. The summed E-state index contributed by atoms with van der Waals surface area (Å²) in [5, 5.41) is 0.401. The van der Waals surface area contributed by atoms with Crippen LogP contribution in [-0.2, 0) is 0 Å². The van der Waals surface area contributed by atoms with Crippen molar-refractivity contribution in [2.75, 3.05) is 32.0 Å². The van der Waals surface area contributed by atoms with Crippen LogP contribution in [0.15, 0.2) is 6.20 Å². The van der Waals surface area contributed by atoms with Crippen molar-refractivity contribution in [3.63, 3.8) is 0 Å². The van der Waals surface area contributed by atoms with Crippen molar-refractivity contribution in [1.82, 2.24) is 14.9 Å². The van der Waals surface area contributed by atoms with E-state index in [9.17, 15) is 0 Å². The van der Waals surface area contributed by atoms with Gasteiger partial charge in [-0.05, 0) is 25.9 Å². The van der Waals surface area contributed by atoms with Gasteiger partial charge in [-0.3, -0.25) is 4.90 Å². The second-order valence-electron chi connectivity index (χ2n) is 4.13. The van der Waals surface area contributed by atoms with Crippen molar-refractivity contribution in [2.45, 2.75) is 19.3 Å². The standard InChI is InChI=1S/C11H17ClN4O/c12-9-8-14-11(13)15-10(9)17-7-6-16-4-2-1-3-5-16/h8H,1-7H2,(H2,13,14,15). The van der Waals surface area contributed by atoms with Gasteiger partial charge in [0.15, 0.2) is 0 Å². The van der Waals surface area contributed by atoms with Crippen LogP contribution < -0.4 is 10.5 Å². The number of ether oxygens (including phenoxy) is 1. The van der Waals surface area contributed by atoms with Crippen molar-refractivity contribution in [3.8, 4) is 5.88 Å². The third-order valence-electron chi connectivity index (χ3n) is 2.83. The van der Waals surface area contributed by atoms with E-state index in [1.807, 2.05) is 0 Å². The van der Waals surface area contributed by atoms with Gasteiger partial charge in [0.05, 0.1) is 6.20 Å². The Morgan fingerprint density at radius 1 is 1.35 bits per heavy atom. The summed E-state index contributed by atoms with van der Waals surface area (Å²) >= 11 is 5.90. The Morgan fingerprint density at radius 3 is 2.88 bits per heavy atom. The molecule has 1 fully saturated rings. The molecule has 0 unspecified atom stereocenters. The molecule has 1 aliphatic rings. The molecule has 0 bridgehead atoms. The fourth-order valence-corrected chi connectivity index (χ4v) is 2.07. The Morgan fingerprint density at radius 2 is 2.12 bits per heavy atom. The lowest BCUT2D eigenvalue weighted by atomic mass is 10.1. The van der Waals surface area contributed by atoms with Crippen LogP contribution >= 0.6 is 11.6 Å². The van der Waals surface area contributed by atoms with Gasteiger partial charge in [-0.25, -0.2) is 4.98 Å². The predicted molar refractivity (Wildman–Crippen MR) is 67.2 cm³/mol. The Hall–Kier alpha value is -1.07.